The third-order valence-electron chi connectivity index (χ3n) is 3.31. The van der Waals surface area contributed by atoms with Gasteiger partial charge in [-0.05, 0) is 18.1 Å². The molecule has 0 unspecified atom stereocenters. The minimum Gasteiger partial charge on any atom is -0.347 e. The molecule has 0 atom stereocenters. The highest BCUT2D eigenvalue weighted by Gasteiger charge is 2.09. The number of rotatable bonds is 7. The molecular formula is C18H22N4O3S. The zero-order valence-corrected chi connectivity index (χ0v) is 15.8. The summed E-state index contributed by atoms with van der Waals surface area (Å²) < 4.78 is 0. The second-order valence-electron chi connectivity index (χ2n) is 6.22. The lowest BCUT2D eigenvalue weighted by atomic mass is 10.1. The lowest BCUT2D eigenvalue weighted by Gasteiger charge is -2.07. The molecule has 2 aromatic rings. The first-order valence-corrected chi connectivity index (χ1v) is 9.11. The number of thiazole rings is 1. The van der Waals surface area contributed by atoms with Crippen molar-refractivity contribution < 1.29 is 14.4 Å². The van der Waals surface area contributed by atoms with Crippen LogP contribution in [0.2, 0.25) is 0 Å². The molecular weight excluding hydrogens is 352 g/mol. The van der Waals surface area contributed by atoms with Crippen LogP contribution >= 0.6 is 11.3 Å². The maximum atomic E-state index is 11.8. The van der Waals surface area contributed by atoms with E-state index < -0.39 is 0 Å². The molecule has 0 aliphatic carbocycles. The minimum atomic E-state index is -0.329. The molecule has 0 fully saturated rings. The summed E-state index contributed by atoms with van der Waals surface area (Å²) in [6, 6.07) is 7.37. The molecule has 3 N–H and O–H groups in total. The van der Waals surface area contributed by atoms with E-state index in [2.05, 4.69) is 20.9 Å². The first-order valence-electron chi connectivity index (χ1n) is 8.23. The van der Waals surface area contributed by atoms with Crippen LogP contribution < -0.4 is 16.0 Å². The Hall–Kier alpha value is -2.74. The van der Waals surface area contributed by atoms with Gasteiger partial charge < -0.3 is 16.0 Å². The standard InChI is InChI=1S/C18H22N4O3S/c1-11(2)8-16(24)20-14-6-4-13(5-7-14)15-10-26-18(21-15)22-17(25)9-19-12(3)23/h4-7,10-11H,8-9H2,1-3H3,(H,19,23)(H,20,24)(H,21,22,25). The summed E-state index contributed by atoms with van der Waals surface area (Å²) in [5.41, 5.74) is 2.34. The molecule has 7 nitrogen and oxygen atoms in total. The molecule has 0 saturated heterocycles. The third-order valence-corrected chi connectivity index (χ3v) is 4.06. The van der Waals surface area contributed by atoms with Crippen molar-refractivity contribution >= 4 is 39.9 Å². The largest absolute Gasteiger partial charge is 0.347 e. The molecule has 26 heavy (non-hydrogen) atoms. The quantitative estimate of drug-likeness (QED) is 0.694. The number of carbonyl (C=O) groups excluding carboxylic acids is 3. The molecule has 2 rings (SSSR count). The predicted octanol–water partition coefficient (Wildman–Crippen LogP) is 2.87. The molecule has 0 saturated carbocycles. The SMILES string of the molecule is CC(=O)NCC(=O)Nc1nc(-c2ccc(NC(=O)CC(C)C)cc2)cs1. The zero-order chi connectivity index (χ0) is 19.1. The normalized spacial score (nSPS) is 10.5. The molecule has 0 aliphatic rings. The molecule has 0 bridgehead atoms. The zero-order valence-electron chi connectivity index (χ0n) is 15.0. The molecule has 0 spiro atoms. The number of benzene rings is 1. The number of amides is 3. The Labute approximate surface area is 156 Å². The average Bonchev–Trinajstić information content (AvgIpc) is 3.01. The van der Waals surface area contributed by atoms with E-state index in [9.17, 15) is 14.4 Å². The van der Waals surface area contributed by atoms with Gasteiger partial charge in [0.1, 0.15) is 0 Å². The Kier molecular flexibility index (Phi) is 6.85. The van der Waals surface area contributed by atoms with Gasteiger partial charge in [0.2, 0.25) is 17.7 Å². The highest BCUT2D eigenvalue weighted by Crippen LogP contribution is 2.26. The summed E-state index contributed by atoms with van der Waals surface area (Å²) in [5, 5.41) is 10.2. The van der Waals surface area contributed by atoms with E-state index >= 15 is 0 Å². The molecule has 0 aliphatic heterocycles. The molecule has 1 aromatic heterocycles. The van der Waals surface area contributed by atoms with E-state index in [4.69, 9.17) is 0 Å². The summed E-state index contributed by atoms with van der Waals surface area (Å²) in [4.78, 5) is 38.6. The average molecular weight is 374 g/mol. The van der Waals surface area contributed by atoms with Crippen LogP contribution in [0.4, 0.5) is 10.8 Å². The van der Waals surface area contributed by atoms with Gasteiger partial charge in [0.05, 0.1) is 12.2 Å². The van der Waals surface area contributed by atoms with Crippen LogP contribution in [-0.2, 0) is 14.4 Å². The Morgan fingerprint density at radius 1 is 1.08 bits per heavy atom. The van der Waals surface area contributed by atoms with E-state index in [0.29, 0.717) is 17.5 Å². The predicted molar refractivity (Wildman–Crippen MR) is 103 cm³/mol. The van der Waals surface area contributed by atoms with Crippen molar-refractivity contribution in [2.45, 2.75) is 27.2 Å². The van der Waals surface area contributed by atoms with Crippen molar-refractivity contribution in [3.63, 3.8) is 0 Å². The molecule has 138 valence electrons. The first kappa shape index (κ1) is 19.6. The van der Waals surface area contributed by atoms with Gasteiger partial charge in [0, 0.05) is 30.0 Å². The second-order valence-corrected chi connectivity index (χ2v) is 7.08. The monoisotopic (exact) mass is 374 g/mol. The van der Waals surface area contributed by atoms with Crippen molar-refractivity contribution in [2.24, 2.45) is 5.92 Å². The number of hydrogen-bond acceptors (Lipinski definition) is 5. The van der Waals surface area contributed by atoms with Crippen LogP contribution in [0.5, 0.6) is 0 Å². The molecule has 1 heterocycles. The van der Waals surface area contributed by atoms with Gasteiger partial charge in [-0.1, -0.05) is 26.0 Å². The second kappa shape index (κ2) is 9.10. The van der Waals surface area contributed by atoms with Crippen molar-refractivity contribution in [3.05, 3.63) is 29.6 Å². The fourth-order valence-corrected chi connectivity index (χ4v) is 2.87. The van der Waals surface area contributed by atoms with Crippen LogP contribution in [0.25, 0.3) is 11.3 Å². The number of carbonyl (C=O) groups is 3. The maximum absolute atomic E-state index is 11.8. The van der Waals surface area contributed by atoms with Gasteiger partial charge in [-0.25, -0.2) is 4.98 Å². The topological polar surface area (TPSA) is 100 Å². The smallest absolute Gasteiger partial charge is 0.245 e. The summed E-state index contributed by atoms with van der Waals surface area (Å²) >= 11 is 1.30. The van der Waals surface area contributed by atoms with Crippen LogP contribution in [0.1, 0.15) is 27.2 Å². The van der Waals surface area contributed by atoms with Crippen molar-refractivity contribution in [3.8, 4) is 11.3 Å². The van der Waals surface area contributed by atoms with Gasteiger partial charge in [-0.15, -0.1) is 11.3 Å². The molecule has 3 amide bonds. The van der Waals surface area contributed by atoms with Gasteiger partial charge >= 0.3 is 0 Å². The highest BCUT2D eigenvalue weighted by atomic mass is 32.1. The van der Waals surface area contributed by atoms with Crippen LogP contribution in [0, 0.1) is 5.92 Å². The highest BCUT2D eigenvalue weighted by molar-refractivity contribution is 7.14. The van der Waals surface area contributed by atoms with Crippen LogP contribution in [0.15, 0.2) is 29.6 Å². The lowest BCUT2D eigenvalue weighted by molar-refractivity contribution is -0.122. The number of nitrogens with zero attached hydrogens (tertiary/aromatic N) is 1. The van der Waals surface area contributed by atoms with Crippen LogP contribution in [0.3, 0.4) is 0 Å². The Balaban J connectivity index is 1.95. The Morgan fingerprint density at radius 2 is 1.77 bits per heavy atom. The Morgan fingerprint density at radius 3 is 2.38 bits per heavy atom. The third kappa shape index (κ3) is 6.29. The van der Waals surface area contributed by atoms with Crippen molar-refractivity contribution in [2.75, 3.05) is 17.2 Å². The summed E-state index contributed by atoms with van der Waals surface area (Å²) in [7, 11) is 0. The molecule has 1 aromatic carbocycles. The molecule has 0 radical (unpaired) electrons. The first-order chi connectivity index (χ1) is 12.3. The van der Waals surface area contributed by atoms with E-state index in [1.807, 2.05) is 43.5 Å². The fraction of sp³-hybridized carbons (Fsp3) is 0.333. The Bertz CT molecular complexity index is 784. The maximum Gasteiger partial charge on any atom is 0.245 e. The fourth-order valence-electron chi connectivity index (χ4n) is 2.14. The summed E-state index contributed by atoms with van der Waals surface area (Å²) in [5.74, 6) is -0.293. The van der Waals surface area contributed by atoms with Gasteiger partial charge in [-0.2, -0.15) is 0 Å². The number of anilines is 2. The van der Waals surface area contributed by atoms with Crippen molar-refractivity contribution in [1.29, 1.82) is 0 Å². The van der Waals surface area contributed by atoms with Gasteiger partial charge in [0.25, 0.3) is 0 Å². The van der Waals surface area contributed by atoms with Crippen molar-refractivity contribution in [1.82, 2.24) is 10.3 Å². The summed E-state index contributed by atoms with van der Waals surface area (Å²) in [6.45, 7) is 5.26. The minimum absolute atomic E-state index is 0.00872. The number of hydrogen-bond donors (Lipinski definition) is 3. The van der Waals surface area contributed by atoms with E-state index in [1.54, 1.807) is 0 Å². The van der Waals surface area contributed by atoms with E-state index in [0.717, 1.165) is 16.9 Å². The number of aromatic nitrogens is 1. The number of nitrogens with one attached hydrogen (secondary N) is 3. The van der Waals surface area contributed by atoms with Crippen LogP contribution in [-0.4, -0.2) is 29.3 Å². The summed E-state index contributed by atoms with van der Waals surface area (Å²) in [6.07, 6.45) is 0.482. The van der Waals surface area contributed by atoms with E-state index in [-0.39, 0.29) is 24.3 Å². The van der Waals surface area contributed by atoms with E-state index in [1.165, 1.54) is 18.3 Å². The van der Waals surface area contributed by atoms with Gasteiger partial charge in [-0.3, -0.25) is 14.4 Å². The molecule has 8 heteroatoms. The lowest BCUT2D eigenvalue weighted by Crippen LogP contribution is -2.31. The van der Waals surface area contributed by atoms with Gasteiger partial charge in [0.15, 0.2) is 5.13 Å².